The molecule has 0 atom stereocenters. The molecule has 0 radical (unpaired) electrons. The smallest absolute Gasteiger partial charge is 0.329 e. The van der Waals surface area contributed by atoms with Gasteiger partial charge in [0.15, 0.2) is 0 Å². The first-order valence-corrected chi connectivity index (χ1v) is 5.36. The van der Waals surface area contributed by atoms with Gasteiger partial charge in [0.1, 0.15) is 11.5 Å². The van der Waals surface area contributed by atoms with Crippen molar-refractivity contribution in [1.29, 1.82) is 0 Å². The van der Waals surface area contributed by atoms with Crippen LogP contribution in [0.5, 0.6) is 23.5 Å². The molecule has 0 fully saturated rings. The highest BCUT2D eigenvalue weighted by molar-refractivity contribution is 6.28. The summed E-state index contributed by atoms with van der Waals surface area (Å²) in [7, 11) is 3.02. The van der Waals surface area contributed by atoms with Crippen LogP contribution in [0.3, 0.4) is 0 Å². The summed E-state index contributed by atoms with van der Waals surface area (Å²) in [6, 6.07) is 7.13. The number of hydrogen-bond donors (Lipinski definition) is 0. The van der Waals surface area contributed by atoms with Gasteiger partial charge in [0.2, 0.25) is 5.28 Å². The molecule has 0 N–H and O–H groups in total. The molecule has 0 aliphatic rings. The highest BCUT2D eigenvalue weighted by Gasteiger charge is 2.07. The highest BCUT2D eigenvalue weighted by atomic mass is 35.5. The van der Waals surface area contributed by atoms with Crippen LogP contribution in [0, 0.1) is 0 Å². The Kier molecular flexibility index (Phi) is 3.78. The van der Waals surface area contributed by atoms with E-state index in [1.807, 2.05) is 0 Å². The van der Waals surface area contributed by atoms with Crippen molar-refractivity contribution in [3.8, 4) is 23.5 Å². The molecule has 0 amide bonds. The third-order valence-corrected chi connectivity index (χ3v) is 2.19. The summed E-state index contributed by atoms with van der Waals surface area (Å²) in [5, 5.41) is 0.00496. The Morgan fingerprint density at radius 1 is 0.833 bits per heavy atom. The molecule has 18 heavy (non-hydrogen) atoms. The summed E-state index contributed by atoms with van der Waals surface area (Å²) < 4.78 is 15.3. The quantitative estimate of drug-likeness (QED) is 0.847. The molecule has 0 aliphatic carbocycles. The van der Waals surface area contributed by atoms with E-state index in [4.69, 9.17) is 25.8 Å². The topological polar surface area (TPSA) is 66.4 Å². The van der Waals surface area contributed by atoms with Crippen molar-refractivity contribution in [2.75, 3.05) is 14.2 Å². The van der Waals surface area contributed by atoms with E-state index in [1.165, 1.54) is 7.11 Å². The predicted octanol–water partition coefficient (Wildman–Crippen LogP) is 2.33. The molecule has 6 nitrogen and oxygen atoms in total. The third kappa shape index (κ3) is 2.98. The number of benzene rings is 1. The molecule has 0 saturated heterocycles. The number of aromatic nitrogens is 3. The van der Waals surface area contributed by atoms with E-state index in [1.54, 1.807) is 31.4 Å². The maximum Gasteiger partial charge on any atom is 0.329 e. The van der Waals surface area contributed by atoms with E-state index < -0.39 is 0 Å². The fourth-order valence-corrected chi connectivity index (χ4v) is 1.35. The largest absolute Gasteiger partial charge is 0.497 e. The minimum absolute atomic E-state index is 0.00496. The first-order valence-electron chi connectivity index (χ1n) is 4.98. The second-order valence-corrected chi connectivity index (χ2v) is 3.49. The average molecular weight is 268 g/mol. The van der Waals surface area contributed by atoms with Crippen LogP contribution in [-0.4, -0.2) is 29.2 Å². The van der Waals surface area contributed by atoms with Gasteiger partial charge in [-0.2, -0.15) is 9.97 Å². The maximum absolute atomic E-state index is 5.70. The fraction of sp³-hybridized carbons (Fsp3) is 0.182. The highest BCUT2D eigenvalue weighted by Crippen LogP contribution is 2.22. The molecule has 0 unspecified atom stereocenters. The van der Waals surface area contributed by atoms with Crippen LogP contribution >= 0.6 is 11.6 Å². The normalized spacial score (nSPS) is 9.94. The molecule has 0 saturated carbocycles. The number of ether oxygens (including phenoxy) is 3. The molecule has 0 aliphatic heterocycles. The molecule has 0 bridgehead atoms. The lowest BCUT2D eigenvalue weighted by Crippen LogP contribution is -1.98. The van der Waals surface area contributed by atoms with Crippen molar-refractivity contribution < 1.29 is 14.2 Å². The van der Waals surface area contributed by atoms with Gasteiger partial charge in [-0.15, -0.1) is 4.98 Å². The Labute approximate surface area is 109 Å². The number of rotatable bonds is 4. The minimum atomic E-state index is 0.00496. The lowest BCUT2D eigenvalue weighted by molar-refractivity contribution is 0.358. The first kappa shape index (κ1) is 12.4. The van der Waals surface area contributed by atoms with Crippen LogP contribution in [0.1, 0.15) is 0 Å². The van der Waals surface area contributed by atoms with Gasteiger partial charge < -0.3 is 14.2 Å². The SMILES string of the molecule is COc1ccc(Oc2nc(Cl)nc(OC)n2)cc1. The Bertz CT molecular complexity index is 534. The number of hydrogen-bond acceptors (Lipinski definition) is 6. The second-order valence-electron chi connectivity index (χ2n) is 3.15. The Morgan fingerprint density at radius 2 is 1.44 bits per heavy atom. The van der Waals surface area contributed by atoms with Crippen molar-refractivity contribution in [2.45, 2.75) is 0 Å². The van der Waals surface area contributed by atoms with Crippen molar-refractivity contribution >= 4 is 11.6 Å². The summed E-state index contributed by atoms with van der Waals surface area (Å²) in [6.07, 6.45) is 0. The summed E-state index contributed by atoms with van der Waals surface area (Å²) in [6.45, 7) is 0. The predicted molar refractivity (Wildman–Crippen MR) is 64.5 cm³/mol. The molecule has 0 spiro atoms. The van der Waals surface area contributed by atoms with Gasteiger partial charge in [-0.25, -0.2) is 0 Å². The molecule has 2 rings (SSSR count). The molecule has 1 heterocycles. The Morgan fingerprint density at radius 3 is 2.06 bits per heavy atom. The van der Waals surface area contributed by atoms with Crippen LogP contribution in [0.4, 0.5) is 0 Å². The molecular formula is C11H10ClN3O3. The van der Waals surface area contributed by atoms with Crippen molar-refractivity contribution in [2.24, 2.45) is 0 Å². The van der Waals surface area contributed by atoms with E-state index in [0.29, 0.717) is 5.75 Å². The summed E-state index contributed by atoms with van der Waals surface area (Å²) >= 11 is 5.70. The van der Waals surface area contributed by atoms with Gasteiger partial charge in [0, 0.05) is 0 Å². The third-order valence-electron chi connectivity index (χ3n) is 2.02. The summed E-state index contributed by atoms with van der Waals surface area (Å²) in [4.78, 5) is 11.5. The van der Waals surface area contributed by atoms with Crippen LogP contribution in [-0.2, 0) is 0 Å². The zero-order valence-corrected chi connectivity index (χ0v) is 10.5. The van der Waals surface area contributed by atoms with Crippen LogP contribution < -0.4 is 14.2 Å². The number of methoxy groups -OCH3 is 2. The summed E-state index contributed by atoms with van der Waals surface area (Å²) in [5.41, 5.74) is 0. The number of halogens is 1. The van der Waals surface area contributed by atoms with Crippen LogP contribution in [0.25, 0.3) is 0 Å². The van der Waals surface area contributed by atoms with Gasteiger partial charge in [-0.05, 0) is 35.9 Å². The lowest BCUT2D eigenvalue weighted by Gasteiger charge is -2.05. The fourth-order valence-electron chi connectivity index (χ4n) is 1.20. The average Bonchev–Trinajstić information content (AvgIpc) is 2.39. The van der Waals surface area contributed by atoms with Crippen LogP contribution in [0.2, 0.25) is 5.28 Å². The molecule has 7 heteroatoms. The van der Waals surface area contributed by atoms with Gasteiger partial charge in [-0.1, -0.05) is 0 Å². The van der Waals surface area contributed by atoms with Gasteiger partial charge in [0.25, 0.3) is 0 Å². The Balaban J connectivity index is 2.19. The van der Waals surface area contributed by atoms with E-state index in [-0.39, 0.29) is 17.3 Å². The zero-order valence-electron chi connectivity index (χ0n) is 9.75. The van der Waals surface area contributed by atoms with Gasteiger partial charge in [-0.3, -0.25) is 0 Å². The minimum Gasteiger partial charge on any atom is -0.497 e. The molecule has 1 aromatic carbocycles. The molecule has 94 valence electrons. The zero-order chi connectivity index (χ0) is 13.0. The van der Waals surface area contributed by atoms with E-state index in [0.717, 1.165) is 5.75 Å². The number of nitrogens with zero attached hydrogens (tertiary/aromatic N) is 3. The van der Waals surface area contributed by atoms with E-state index in [9.17, 15) is 0 Å². The van der Waals surface area contributed by atoms with Crippen molar-refractivity contribution in [1.82, 2.24) is 15.0 Å². The molecular weight excluding hydrogens is 258 g/mol. The van der Waals surface area contributed by atoms with Crippen molar-refractivity contribution in [3.05, 3.63) is 29.5 Å². The Hall–Kier alpha value is -2.08. The summed E-state index contributed by atoms with van der Waals surface area (Å²) in [5.74, 6) is 1.29. The monoisotopic (exact) mass is 267 g/mol. The lowest BCUT2D eigenvalue weighted by atomic mass is 10.3. The van der Waals surface area contributed by atoms with Crippen molar-refractivity contribution in [3.63, 3.8) is 0 Å². The van der Waals surface area contributed by atoms with Gasteiger partial charge >= 0.3 is 12.0 Å². The molecule has 1 aromatic heterocycles. The maximum atomic E-state index is 5.70. The van der Waals surface area contributed by atoms with E-state index >= 15 is 0 Å². The first-order chi connectivity index (χ1) is 8.71. The molecule has 2 aromatic rings. The van der Waals surface area contributed by atoms with Gasteiger partial charge in [0.05, 0.1) is 14.2 Å². The standard InChI is InChI=1S/C11H10ClN3O3/c1-16-7-3-5-8(6-4-7)18-11-14-9(12)13-10(15-11)17-2/h3-6H,1-2H3. The van der Waals surface area contributed by atoms with E-state index in [2.05, 4.69) is 15.0 Å². The van der Waals surface area contributed by atoms with Crippen LogP contribution in [0.15, 0.2) is 24.3 Å². The second kappa shape index (κ2) is 5.50.